The molecule has 0 heterocycles. The third-order valence-electron chi connectivity index (χ3n) is 3.17. The second-order valence-corrected chi connectivity index (χ2v) is 5.44. The summed E-state index contributed by atoms with van der Waals surface area (Å²) in [7, 11) is 0. The number of halogens is 1. The highest BCUT2D eigenvalue weighted by Crippen LogP contribution is 2.30. The van der Waals surface area contributed by atoms with Crippen LogP contribution in [0.2, 0.25) is 5.02 Å². The van der Waals surface area contributed by atoms with Crippen LogP contribution in [0.25, 0.3) is 0 Å². The predicted octanol–water partition coefficient (Wildman–Crippen LogP) is 7.49. The van der Waals surface area contributed by atoms with Crippen molar-refractivity contribution < 1.29 is 4.74 Å². The van der Waals surface area contributed by atoms with Gasteiger partial charge in [0, 0.05) is 6.07 Å². The van der Waals surface area contributed by atoms with E-state index in [-0.39, 0.29) is 0 Å². The summed E-state index contributed by atoms with van der Waals surface area (Å²) in [6.45, 7) is 14.3. The summed E-state index contributed by atoms with van der Waals surface area (Å²) >= 11 is 6.01. The molecule has 0 atom stereocenters. The van der Waals surface area contributed by atoms with Gasteiger partial charge in [-0.3, -0.25) is 0 Å². The van der Waals surface area contributed by atoms with Gasteiger partial charge in [-0.1, -0.05) is 65.3 Å². The maximum absolute atomic E-state index is 8.87. The quantitative estimate of drug-likeness (QED) is 0.577. The van der Waals surface area contributed by atoms with E-state index in [0.29, 0.717) is 22.3 Å². The zero-order valence-electron chi connectivity index (χ0n) is 15.8. The Labute approximate surface area is 152 Å². The minimum absolute atomic E-state index is 0.405. The topological polar surface area (TPSA) is 33.0 Å². The fourth-order valence-electron chi connectivity index (χ4n) is 1.86. The molecule has 3 heteroatoms. The lowest BCUT2D eigenvalue weighted by molar-refractivity contribution is 0.478. The van der Waals surface area contributed by atoms with Crippen LogP contribution >= 0.6 is 11.6 Å². The van der Waals surface area contributed by atoms with Gasteiger partial charge in [0.15, 0.2) is 0 Å². The Balaban J connectivity index is 0.00000123. The summed E-state index contributed by atoms with van der Waals surface area (Å²) in [5, 5.41) is 9.27. The van der Waals surface area contributed by atoms with E-state index in [4.69, 9.17) is 21.6 Å². The van der Waals surface area contributed by atoms with Crippen molar-refractivity contribution in [2.45, 2.75) is 54.4 Å². The van der Waals surface area contributed by atoms with Gasteiger partial charge in [-0.15, -0.1) is 0 Å². The van der Waals surface area contributed by atoms with Crippen molar-refractivity contribution in [1.82, 2.24) is 0 Å². The van der Waals surface area contributed by atoms with Crippen molar-refractivity contribution in [1.29, 1.82) is 5.26 Å². The average Bonchev–Trinajstić information content (AvgIpc) is 2.60. The molecule has 0 aromatic heterocycles. The zero-order chi connectivity index (χ0) is 18.7. The van der Waals surface area contributed by atoms with Crippen LogP contribution in [0.5, 0.6) is 11.5 Å². The molecular formula is C21H28ClNO. The summed E-state index contributed by atoms with van der Waals surface area (Å²) in [5.74, 6) is 1.90. The molecule has 0 saturated heterocycles. The first-order valence-electron chi connectivity index (χ1n) is 8.49. The lowest BCUT2D eigenvalue weighted by Gasteiger charge is -2.13. The van der Waals surface area contributed by atoms with E-state index >= 15 is 0 Å². The molecule has 0 bridgehead atoms. The van der Waals surface area contributed by atoms with Crippen molar-refractivity contribution in [2.24, 2.45) is 0 Å². The van der Waals surface area contributed by atoms with Gasteiger partial charge in [0.25, 0.3) is 0 Å². The van der Waals surface area contributed by atoms with E-state index in [1.165, 1.54) is 5.56 Å². The maximum Gasteiger partial charge on any atom is 0.130 e. The molecule has 2 aromatic rings. The standard InChI is InChI=1S/C17H16ClNO.2C2H6/c1-11(2)13-5-4-12(3)17(8-13)20-15-7-6-14(10-19)16(18)9-15;2*1-2/h4-9,11H,1-3H3;2*1-2H3. The van der Waals surface area contributed by atoms with Crippen LogP contribution in [0, 0.1) is 18.3 Å². The van der Waals surface area contributed by atoms with Crippen molar-refractivity contribution in [3.05, 3.63) is 58.1 Å². The molecule has 2 nitrogen and oxygen atoms in total. The van der Waals surface area contributed by atoms with Gasteiger partial charge in [-0.2, -0.15) is 5.26 Å². The number of nitrogens with zero attached hydrogens (tertiary/aromatic N) is 1. The van der Waals surface area contributed by atoms with E-state index in [2.05, 4.69) is 26.0 Å². The van der Waals surface area contributed by atoms with Gasteiger partial charge < -0.3 is 4.74 Å². The lowest BCUT2D eigenvalue weighted by Crippen LogP contribution is -1.92. The number of ether oxygens (including phenoxy) is 1. The molecular weight excluding hydrogens is 318 g/mol. The maximum atomic E-state index is 8.87. The Morgan fingerprint density at radius 2 is 1.62 bits per heavy atom. The van der Waals surface area contributed by atoms with E-state index in [0.717, 1.165) is 11.3 Å². The predicted molar refractivity (Wildman–Crippen MR) is 104 cm³/mol. The molecule has 0 N–H and O–H groups in total. The molecule has 24 heavy (non-hydrogen) atoms. The molecule has 0 fully saturated rings. The number of hydrogen-bond donors (Lipinski definition) is 0. The molecule has 0 aliphatic carbocycles. The largest absolute Gasteiger partial charge is 0.457 e. The molecule has 0 aliphatic heterocycles. The van der Waals surface area contributed by atoms with Gasteiger partial charge in [-0.25, -0.2) is 0 Å². The third-order valence-corrected chi connectivity index (χ3v) is 3.48. The third kappa shape index (κ3) is 6.26. The van der Waals surface area contributed by atoms with Gasteiger partial charge >= 0.3 is 0 Å². The Bertz CT molecular complexity index is 672. The molecule has 0 aliphatic rings. The highest BCUT2D eigenvalue weighted by Gasteiger charge is 2.07. The summed E-state index contributed by atoms with van der Waals surface area (Å²) in [6.07, 6.45) is 0. The van der Waals surface area contributed by atoms with Crippen molar-refractivity contribution in [3.8, 4) is 17.6 Å². The summed E-state index contributed by atoms with van der Waals surface area (Å²) in [5.41, 5.74) is 2.74. The minimum atomic E-state index is 0.405. The Morgan fingerprint density at radius 1 is 1.00 bits per heavy atom. The monoisotopic (exact) mass is 345 g/mol. The number of rotatable bonds is 3. The highest BCUT2D eigenvalue weighted by molar-refractivity contribution is 6.31. The summed E-state index contributed by atoms with van der Waals surface area (Å²) in [4.78, 5) is 0. The fraction of sp³-hybridized carbons (Fsp3) is 0.381. The van der Waals surface area contributed by atoms with Gasteiger partial charge in [-0.05, 0) is 42.2 Å². The second-order valence-electron chi connectivity index (χ2n) is 5.04. The molecule has 2 rings (SSSR count). The van der Waals surface area contributed by atoms with Crippen molar-refractivity contribution >= 4 is 11.6 Å². The number of aryl methyl sites for hydroxylation is 1. The Morgan fingerprint density at radius 3 is 2.12 bits per heavy atom. The first-order chi connectivity index (χ1) is 11.5. The second kappa shape index (κ2) is 11.5. The van der Waals surface area contributed by atoms with E-state index in [1.807, 2.05) is 46.8 Å². The molecule has 2 aromatic carbocycles. The molecule has 0 amide bonds. The highest BCUT2D eigenvalue weighted by atomic mass is 35.5. The summed E-state index contributed by atoms with van der Waals surface area (Å²) < 4.78 is 5.89. The fourth-order valence-corrected chi connectivity index (χ4v) is 2.08. The van der Waals surface area contributed by atoms with Crippen LogP contribution in [0.1, 0.15) is 64.2 Å². The molecule has 0 radical (unpaired) electrons. The van der Waals surface area contributed by atoms with Gasteiger partial charge in [0.1, 0.15) is 17.6 Å². The zero-order valence-corrected chi connectivity index (χ0v) is 16.5. The molecule has 130 valence electrons. The number of benzene rings is 2. The summed E-state index contributed by atoms with van der Waals surface area (Å²) in [6, 6.07) is 13.3. The first-order valence-corrected chi connectivity index (χ1v) is 8.87. The molecule has 0 saturated carbocycles. The van der Waals surface area contributed by atoms with Crippen LogP contribution in [-0.2, 0) is 0 Å². The normalized spacial score (nSPS) is 9.17. The van der Waals surface area contributed by atoms with Gasteiger partial charge in [0.2, 0.25) is 0 Å². The number of hydrogen-bond acceptors (Lipinski definition) is 2. The lowest BCUT2D eigenvalue weighted by atomic mass is 10.0. The Hall–Kier alpha value is -1.98. The smallest absolute Gasteiger partial charge is 0.130 e. The SMILES string of the molecule is CC.CC.Cc1ccc(C(C)C)cc1Oc1ccc(C#N)c(Cl)c1. The average molecular weight is 346 g/mol. The minimum Gasteiger partial charge on any atom is -0.457 e. The van der Waals surface area contributed by atoms with E-state index < -0.39 is 0 Å². The van der Waals surface area contributed by atoms with Crippen LogP contribution < -0.4 is 4.74 Å². The van der Waals surface area contributed by atoms with Crippen LogP contribution in [0.3, 0.4) is 0 Å². The van der Waals surface area contributed by atoms with E-state index in [1.54, 1.807) is 18.2 Å². The van der Waals surface area contributed by atoms with E-state index in [9.17, 15) is 0 Å². The van der Waals surface area contributed by atoms with Crippen LogP contribution in [0.15, 0.2) is 36.4 Å². The first kappa shape index (κ1) is 22.0. The van der Waals surface area contributed by atoms with Gasteiger partial charge in [0.05, 0.1) is 10.6 Å². The molecule has 0 spiro atoms. The van der Waals surface area contributed by atoms with Crippen LogP contribution in [0.4, 0.5) is 0 Å². The van der Waals surface area contributed by atoms with Crippen molar-refractivity contribution in [3.63, 3.8) is 0 Å². The molecule has 0 unspecified atom stereocenters. The van der Waals surface area contributed by atoms with Crippen molar-refractivity contribution in [2.75, 3.05) is 0 Å². The Kier molecular flexibility index (Phi) is 10.6. The number of nitriles is 1. The van der Waals surface area contributed by atoms with Crippen LogP contribution in [-0.4, -0.2) is 0 Å².